The lowest BCUT2D eigenvalue weighted by atomic mass is 10.2. The molecule has 0 bridgehead atoms. The van der Waals surface area contributed by atoms with Crippen molar-refractivity contribution in [2.45, 2.75) is 13.8 Å². The molecule has 2 rings (SSSR count). The van der Waals surface area contributed by atoms with Crippen molar-refractivity contribution in [1.82, 2.24) is 5.32 Å². The molecular formula is C19H21N3O7. The molecule has 0 saturated carbocycles. The van der Waals surface area contributed by atoms with E-state index in [0.717, 1.165) is 12.4 Å². The van der Waals surface area contributed by atoms with Gasteiger partial charge in [-0.1, -0.05) is 0 Å². The standard InChI is InChI=1S/C19H21N3O7/c1-3-27-15-6-5-14(11-16(15)28-4-2)20-19(25)21-17(23)12-29-18(24)13-7-9-22(26)10-8-13/h5-11H,3-4,12H2,1-2H3,(H2,20,21,23,25). The monoisotopic (exact) mass is 403 g/mol. The summed E-state index contributed by atoms with van der Waals surface area (Å²) in [5, 5.41) is 15.5. The maximum Gasteiger partial charge on any atom is 0.339 e. The van der Waals surface area contributed by atoms with Crippen LogP contribution in [0.15, 0.2) is 42.7 Å². The number of nitrogens with zero attached hydrogens (tertiary/aromatic N) is 1. The van der Waals surface area contributed by atoms with Gasteiger partial charge in [0.05, 0.1) is 18.8 Å². The van der Waals surface area contributed by atoms with Crippen molar-refractivity contribution >= 4 is 23.6 Å². The highest BCUT2D eigenvalue weighted by Gasteiger charge is 2.14. The number of aromatic nitrogens is 1. The van der Waals surface area contributed by atoms with Crippen LogP contribution in [-0.2, 0) is 9.53 Å². The lowest BCUT2D eigenvalue weighted by molar-refractivity contribution is -0.605. The molecule has 0 aliphatic rings. The Balaban J connectivity index is 1.86. The van der Waals surface area contributed by atoms with Crippen molar-refractivity contribution < 1.29 is 33.3 Å². The highest BCUT2D eigenvalue weighted by atomic mass is 16.5. The van der Waals surface area contributed by atoms with E-state index in [4.69, 9.17) is 14.2 Å². The molecule has 0 saturated heterocycles. The van der Waals surface area contributed by atoms with Crippen LogP contribution in [0.1, 0.15) is 24.2 Å². The van der Waals surface area contributed by atoms with Gasteiger partial charge in [0, 0.05) is 23.9 Å². The molecule has 0 fully saturated rings. The number of ether oxygens (including phenoxy) is 3. The molecule has 2 aromatic rings. The minimum absolute atomic E-state index is 0.104. The summed E-state index contributed by atoms with van der Waals surface area (Å²) in [4.78, 5) is 35.5. The molecule has 0 radical (unpaired) electrons. The van der Waals surface area contributed by atoms with Crippen LogP contribution in [0, 0.1) is 5.21 Å². The number of amides is 3. The first-order chi connectivity index (χ1) is 13.9. The van der Waals surface area contributed by atoms with E-state index in [0.29, 0.717) is 35.1 Å². The second-order valence-corrected chi connectivity index (χ2v) is 5.55. The van der Waals surface area contributed by atoms with Crippen molar-refractivity contribution in [3.05, 3.63) is 53.5 Å². The van der Waals surface area contributed by atoms with E-state index in [1.165, 1.54) is 12.1 Å². The molecule has 0 unspecified atom stereocenters. The molecule has 1 aromatic heterocycles. The molecule has 10 heteroatoms. The normalized spacial score (nSPS) is 10.0. The number of benzene rings is 1. The Morgan fingerprint density at radius 2 is 1.66 bits per heavy atom. The van der Waals surface area contributed by atoms with Gasteiger partial charge in [-0.2, -0.15) is 4.73 Å². The van der Waals surface area contributed by atoms with Crippen LogP contribution in [0.5, 0.6) is 11.5 Å². The Hall–Kier alpha value is -3.82. The zero-order valence-electron chi connectivity index (χ0n) is 16.0. The second kappa shape index (κ2) is 10.5. The fraction of sp³-hybridized carbons (Fsp3) is 0.263. The molecule has 0 aliphatic carbocycles. The summed E-state index contributed by atoms with van der Waals surface area (Å²) in [6.07, 6.45) is 2.24. The topological polar surface area (TPSA) is 130 Å². The van der Waals surface area contributed by atoms with E-state index < -0.39 is 24.5 Å². The predicted octanol–water partition coefficient (Wildman–Crippen LogP) is 1.62. The van der Waals surface area contributed by atoms with Crippen LogP contribution in [0.3, 0.4) is 0 Å². The number of imide groups is 1. The Bertz CT molecular complexity index is 869. The van der Waals surface area contributed by atoms with Crippen LogP contribution in [0.4, 0.5) is 10.5 Å². The maximum atomic E-state index is 12.0. The minimum atomic E-state index is -0.818. The van der Waals surface area contributed by atoms with Crippen LogP contribution >= 0.6 is 0 Å². The number of anilines is 1. The van der Waals surface area contributed by atoms with Crippen LogP contribution in [-0.4, -0.2) is 37.7 Å². The number of hydrogen-bond donors (Lipinski definition) is 2. The Kier molecular flexibility index (Phi) is 7.78. The van der Waals surface area contributed by atoms with Crippen molar-refractivity contribution in [3.8, 4) is 11.5 Å². The number of pyridine rings is 1. The van der Waals surface area contributed by atoms with Crippen LogP contribution < -0.4 is 24.8 Å². The van der Waals surface area contributed by atoms with E-state index >= 15 is 0 Å². The summed E-state index contributed by atoms with van der Waals surface area (Å²) in [5.74, 6) is -0.628. The van der Waals surface area contributed by atoms with Gasteiger partial charge in [-0.3, -0.25) is 10.1 Å². The molecule has 3 amide bonds. The fourth-order valence-corrected chi connectivity index (χ4v) is 2.22. The molecular weight excluding hydrogens is 382 g/mol. The molecule has 29 heavy (non-hydrogen) atoms. The molecule has 1 heterocycles. The van der Waals surface area contributed by atoms with Gasteiger partial charge in [0.15, 0.2) is 30.5 Å². The van der Waals surface area contributed by atoms with Gasteiger partial charge in [-0.25, -0.2) is 9.59 Å². The molecule has 0 spiro atoms. The predicted molar refractivity (Wildman–Crippen MR) is 102 cm³/mol. The number of carbonyl (C=O) groups is 3. The third kappa shape index (κ3) is 6.69. The molecule has 10 nitrogen and oxygen atoms in total. The molecule has 0 atom stereocenters. The average molecular weight is 403 g/mol. The number of rotatable bonds is 8. The second-order valence-electron chi connectivity index (χ2n) is 5.55. The van der Waals surface area contributed by atoms with Gasteiger partial charge >= 0.3 is 12.0 Å². The fourth-order valence-electron chi connectivity index (χ4n) is 2.22. The maximum absolute atomic E-state index is 12.0. The van der Waals surface area contributed by atoms with Gasteiger partial charge in [0.2, 0.25) is 0 Å². The smallest absolute Gasteiger partial charge is 0.339 e. The largest absolute Gasteiger partial charge is 0.619 e. The van der Waals surface area contributed by atoms with Gasteiger partial charge < -0.3 is 24.7 Å². The zero-order valence-corrected chi connectivity index (χ0v) is 16.0. The van der Waals surface area contributed by atoms with Crippen molar-refractivity contribution in [2.75, 3.05) is 25.1 Å². The summed E-state index contributed by atoms with van der Waals surface area (Å²) in [5.41, 5.74) is 0.488. The van der Waals surface area contributed by atoms with Crippen LogP contribution in [0.25, 0.3) is 0 Å². The first-order valence-electron chi connectivity index (χ1n) is 8.79. The highest BCUT2D eigenvalue weighted by molar-refractivity contribution is 6.02. The lowest BCUT2D eigenvalue weighted by Crippen LogP contribution is -2.37. The van der Waals surface area contributed by atoms with Gasteiger partial charge in [-0.15, -0.1) is 0 Å². The van der Waals surface area contributed by atoms with Gasteiger partial charge in [-0.05, 0) is 26.0 Å². The molecule has 2 N–H and O–H groups in total. The summed E-state index contributed by atoms with van der Waals surface area (Å²) in [6, 6.07) is 6.50. The first-order valence-corrected chi connectivity index (χ1v) is 8.79. The molecule has 1 aromatic carbocycles. The Morgan fingerprint density at radius 3 is 2.31 bits per heavy atom. The van der Waals surface area contributed by atoms with Crippen LogP contribution in [0.2, 0.25) is 0 Å². The van der Waals surface area contributed by atoms with Crippen molar-refractivity contribution in [3.63, 3.8) is 0 Å². The van der Waals surface area contributed by atoms with E-state index in [1.54, 1.807) is 18.2 Å². The van der Waals surface area contributed by atoms with Gasteiger partial charge in [0.1, 0.15) is 0 Å². The van der Waals surface area contributed by atoms with E-state index in [1.807, 2.05) is 19.2 Å². The number of nitrogens with one attached hydrogen (secondary N) is 2. The van der Waals surface area contributed by atoms with E-state index in [-0.39, 0.29) is 5.56 Å². The number of urea groups is 1. The number of hydrogen-bond acceptors (Lipinski definition) is 7. The highest BCUT2D eigenvalue weighted by Crippen LogP contribution is 2.30. The van der Waals surface area contributed by atoms with Crippen molar-refractivity contribution in [1.29, 1.82) is 0 Å². The lowest BCUT2D eigenvalue weighted by Gasteiger charge is -2.13. The molecule has 0 aliphatic heterocycles. The minimum Gasteiger partial charge on any atom is -0.619 e. The summed E-state index contributed by atoms with van der Waals surface area (Å²) in [6.45, 7) is 3.87. The third-order valence-electron chi connectivity index (χ3n) is 3.43. The first kappa shape index (κ1) is 21.5. The van der Waals surface area contributed by atoms with E-state index in [9.17, 15) is 19.6 Å². The Labute approximate surface area is 167 Å². The number of carbonyl (C=O) groups excluding carboxylic acids is 3. The summed E-state index contributed by atoms with van der Waals surface area (Å²) >= 11 is 0. The van der Waals surface area contributed by atoms with Gasteiger partial charge in [0.25, 0.3) is 5.91 Å². The summed E-state index contributed by atoms with van der Waals surface area (Å²) < 4.78 is 16.2. The third-order valence-corrected chi connectivity index (χ3v) is 3.43. The van der Waals surface area contributed by atoms with Crippen molar-refractivity contribution in [2.24, 2.45) is 0 Å². The molecule has 154 valence electrons. The Morgan fingerprint density at radius 1 is 1.00 bits per heavy atom. The number of esters is 1. The summed E-state index contributed by atoms with van der Waals surface area (Å²) in [7, 11) is 0. The van der Waals surface area contributed by atoms with E-state index in [2.05, 4.69) is 5.32 Å². The average Bonchev–Trinajstić information content (AvgIpc) is 2.69. The SMILES string of the molecule is CCOc1ccc(NC(=O)NC(=O)COC(=O)c2cc[n+]([O-])cc2)cc1OCC. The quantitative estimate of drug-likeness (QED) is 0.389. The zero-order chi connectivity index (χ0) is 21.2.